The maximum absolute atomic E-state index is 12.1. The fourth-order valence-electron chi connectivity index (χ4n) is 3.60. The first-order valence-electron chi connectivity index (χ1n) is 8.94. The molecule has 1 aliphatic rings. The number of fused-ring (bicyclic) bond motifs is 1. The molecular weight excluding hydrogens is 344 g/mol. The van der Waals surface area contributed by atoms with Crippen LogP contribution in [0.2, 0.25) is 0 Å². The van der Waals surface area contributed by atoms with Crippen molar-refractivity contribution < 1.29 is 14.6 Å². The number of carbonyl (C=O) groups is 1. The second-order valence-corrected chi connectivity index (χ2v) is 6.91. The molecule has 1 aromatic heterocycles. The van der Waals surface area contributed by atoms with Gasteiger partial charge in [0.15, 0.2) is 6.61 Å². The molecule has 0 bridgehead atoms. The van der Waals surface area contributed by atoms with Crippen LogP contribution in [0, 0.1) is 11.3 Å². The van der Waals surface area contributed by atoms with Crippen LogP contribution < -0.4 is 4.74 Å². The van der Waals surface area contributed by atoms with Gasteiger partial charge in [0.25, 0.3) is 0 Å². The highest BCUT2D eigenvalue weighted by Gasteiger charge is 2.32. The molecule has 1 atom stereocenters. The topological polar surface area (TPSA) is 92.6 Å². The fraction of sp³-hybridized carbons (Fsp3) is 0.400. The lowest BCUT2D eigenvalue weighted by molar-refractivity contribution is -0.144. The van der Waals surface area contributed by atoms with Gasteiger partial charge >= 0.3 is 5.97 Å². The molecule has 2 heterocycles. The lowest BCUT2D eigenvalue weighted by atomic mass is 10.0. The van der Waals surface area contributed by atoms with Crippen LogP contribution in [0.1, 0.15) is 18.5 Å². The van der Waals surface area contributed by atoms with E-state index in [4.69, 9.17) is 10.00 Å². The van der Waals surface area contributed by atoms with E-state index in [2.05, 4.69) is 16.5 Å². The summed E-state index contributed by atoms with van der Waals surface area (Å²) in [7, 11) is 0. The van der Waals surface area contributed by atoms with Crippen molar-refractivity contribution in [1.82, 2.24) is 14.8 Å². The molecule has 142 valence electrons. The van der Waals surface area contributed by atoms with Crippen LogP contribution in [0.15, 0.2) is 36.5 Å². The number of ether oxygens (including phenoxy) is 1. The van der Waals surface area contributed by atoms with Crippen molar-refractivity contribution in [2.45, 2.75) is 13.0 Å². The molecule has 27 heavy (non-hydrogen) atoms. The van der Waals surface area contributed by atoms with Crippen LogP contribution in [0.4, 0.5) is 0 Å². The highest BCUT2D eigenvalue weighted by atomic mass is 16.5. The predicted molar refractivity (Wildman–Crippen MR) is 103 cm³/mol. The SMILES string of the molecule is C=C(C)CN1CCN([C@H](C(=O)O)c2c[nH]c3ccc(OCC#N)cc23)CC1. The number of benzene rings is 1. The predicted octanol–water partition coefficient (Wildman–Crippen LogP) is 2.39. The van der Waals surface area contributed by atoms with Crippen molar-refractivity contribution in [2.75, 3.05) is 39.3 Å². The van der Waals surface area contributed by atoms with Gasteiger partial charge in [-0.1, -0.05) is 12.2 Å². The lowest BCUT2D eigenvalue weighted by Crippen LogP contribution is -2.49. The number of nitrogens with zero attached hydrogens (tertiary/aromatic N) is 3. The molecule has 0 spiro atoms. The third-order valence-electron chi connectivity index (χ3n) is 4.78. The van der Waals surface area contributed by atoms with Crippen molar-refractivity contribution in [2.24, 2.45) is 0 Å². The van der Waals surface area contributed by atoms with Gasteiger partial charge in [0.2, 0.25) is 0 Å². The molecule has 3 rings (SSSR count). The van der Waals surface area contributed by atoms with Crippen molar-refractivity contribution in [3.8, 4) is 11.8 Å². The molecule has 1 aliphatic heterocycles. The zero-order valence-electron chi connectivity index (χ0n) is 15.4. The molecule has 0 unspecified atom stereocenters. The van der Waals surface area contributed by atoms with E-state index in [1.54, 1.807) is 18.3 Å². The maximum atomic E-state index is 12.1. The van der Waals surface area contributed by atoms with Crippen molar-refractivity contribution >= 4 is 16.9 Å². The second-order valence-electron chi connectivity index (χ2n) is 6.91. The summed E-state index contributed by atoms with van der Waals surface area (Å²) < 4.78 is 5.37. The van der Waals surface area contributed by atoms with Gasteiger partial charge in [-0.15, -0.1) is 0 Å². The number of hydrogen-bond donors (Lipinski definition) is 2. The summed E-state index contributed by atoms with van der Waals surface area (Å²) in [6.45, 7) is 9.75. The Bertz CT molecular complexity index is 875. The summed E-state index contributed by atoms with van der Waals surface area (Å²) in [5.41, 5.74) is 2.68. The Morgan fingerprint density at radius 3 is 2.78 bits per heavy atom. The summed E-state index contributed by atoms with van der Waals surface area (Å²) in [6.07, 6.45) is 1.76. The van der Waals surface area contributed by atoms with E-state index >= 15 is 0 Å². The van der Waals surface area contributed by atoms with Gasteiger partial charge in [-0.2, -0.15) is 5.26 Å². The Kier molecular flexibility index (Phi) is 5.79. The van der Waals surface area contributed by atoms with E-state index in [-0.39, 0.29) is 6.61 Å². The monoisotopic (exact) mass is 368 g/mol. The number of carboxylic acids is 1. The smallest absolute Gasteiger partial charge is 0.325 e. The van der Waals surface area contributed by atoms with E-state index in [1.807, 2.05) is 24.0 Å². The Morgan fingerprint density at radius 2 is 2.15 bits per heavy atom. The molecule has 1 saturated heterocycles. The first kappa shape index (κ1) is 19.0. The molecular formula is C20H24N4O3. The maximum Gasteiger partial charge on any atom is 0.325 e. The molecule has 1 aromatic carbocycles. The van der Waals surface area contributed by atoms with Crippen molar-refractivity contribution in [1.29, 1.82) is 5.26 Å². The highest BCUT2D eigenvalue weighted by Crippen LogP contribution is 2.31. The molecule has 1 fully saturated rings. The quantitative estimate of drug-likeness (QED) is 0.729. The third kappa shape index (κ3) is 4.30. The molecule has 7 nitrogen and oxygen atoms in total. The normalized spacial score (nSPS) is 16.7. The van der Waals surface area contributed by atoms with Gasteiger partial charge in [-0.3, -0.25) is 14.6 Å². The summed E-state index contributed by atoms with van der Waals surface area (Å²) in [5, 5.41) is 19.4. The van der Waals surface area contributed by atoms with E-state index < -0.39 is 12.0 Å². The molecule has 2 aromatic rings. The number of nitrogens with one attached hydrogen (secondary N) is 1. The number of H-pyrrole nitrogens is 1. The minimum Gasteiger partial charge on any atom is -0.480 e. The average molecular weight is 368 g/mol. The number of carboxylic acid groups (broad SMARTS) is 1. The van der Waals surface area contributed by atoms with Gasteiger partial charge in [-0.05, 0) is 25.1 Å². The minimum absolute atomic E-state index is 0.0434. The van der Waals surface area contributed by atoms with Crippen LogP contribution >= 0.6 is 0 Å². The number of rotatable bonds is 7. The summed E-state index contributed by atoms with van der Waals surface area (Å²) in [6, 6.07) is 6.62. The Balaban J connectivity index is 1.84. The van der Waals surface area contributed by atoms with Crippen LogP contribution in [-0.2, 0) is 4.79 Å². The molecule has 0 saturated carbocycles. The summed E-state index contributed by atoms with van der Waals surface area (Å²) >= 11 is 0. The van der Waals surface area contributed by atoms with Crippen molar-refractivity contribution in [3.63, 3.8) is 0 Å². The van der Waals surface area contributed by atoms with E-state index in [1.165, 1.54) is 0 Å². The molecule has 0 aliphatic carbocycles. The first-order valence-corrected chi connectivity index (χ1v) is 8.94. The average Bonchev–Trinajstić information content (AvgIpc) is 3.04. The Hall–Kier alpha value is -2.82. The van der Waals surface area contributed by atoms with Crippen LogP contribution in [0.3, 0.4) is 0 Å². The zero-order valence-corrected chi connectivity index (χ0v) is 15.4. The molecule has 7 heteroatoms. The van der Waals surface area contributed by atoms with Gasteiger partial charge < -0.3 is 14.8 Å². The Labute approximate surface area is 158 Å². The highest BCUT2D eigenvalue weighted by molar-refractivity contribution is 5.90. The van der Waals surface area contributed by atoms with E-state index in [9.17, 15) is 9.90 Å². The van der Waals surface area contributed by atoms with E-state index in [0.717, 1.165) is 36.1 Å². The van der Waals surface area contributed by atoms with Gasteiger partial charge in [0.05, 0.1) is 0 Å². The number of hydrogen-bond acceptors (Lipinski definition) is 5. The van der Waals surface area contributed by atoms with Gasteiger partial charge in [0.1, 0.15) is 17.9 Å². The van der Waals surface area contributed by atoms with Gasteiger partial charge in [-0.25, -0.2) is 0 Å². The van der Waals surface area contributed by atoms with Gasteiger partial charge in [0, 0.05) is 55.4 Å². The fourth-order valence-corrected chi connectivity index (χ4v) is 3.60. The lowest BCUT2D eigenvalue weighted by Gasteiger charge is -2.37. The minimum atomic E-state index is -0.868. The largest absolute Gasteiger partial charge is 0.480 e. The van der Waals surface area contributed by atoms with Crippen LogP contribution in [0.25, 0.3) is 10.9 Å². The van der Waals surface area contributed by atoms with E-state index in [0.29, 0.717) is 24.4 Å². The molecule has 0 radical (unpaired) electrons. The number of piperazine rings is 1. The zero-order chi connectivity index (χ0) is 19.4. The number of aliphatic carboxylic acids is 1. The standard InChI is InChI=1S/C20H24N4O3/c1-14(2)13-23-6-8-24(9-7-23)19(20(25)26)17-12-22-18-4-3-15(11-16(17)18)27-10-5-21/h3-4,11-12,19,22H,1,6-10,13H2,2H3,(H,25,26)/t19-/m0/s1. The third-order valence-corrected chi connectivity index (χ3v) is 4.78. The first-order chi connectivity index (χ1) is 13.0. The summed E-state index contributed by atoms with van der Waals surface area (Å²) in [5.74, 6) is -0.312. The second kappa shape index (κ2) is 8.25. The number of aromatic nitrogens is 1. The number of aromatic amines is 1. The number of nitriles is 1. The van der Waals surface area contributed by atoms with Crippen LogP contribution in [0.5, 0.6) is 5.75 Å². The van der Waals surface area contributed by atoms with Crippen LogP contribution in [-0.4, -0.2) is 65.2 Å². The Morgan fingerprint density at radius 1 is 1.41 bits per heavy atom. The molecule has 2 N–H and O–H groups in total. The van der Waals surface area contributed by atoms with Crippen molar-refractivity contribution in [3.05, 3.63) is 42.1 Å². The molecule has 0 amide bonds. The summed E-state index contributed by atoms with van der Waals surface area (Å²) in [4.78, 5) is 19.5.